The van der Waals surface area contributed by atoms with Crippen molar-refractivity contribution >= 4 is 16.7 Å². The van der Waals surface area contributed by atoms with Crippen LogP contribution in [0.15, 0.2) is 42.5 Å². The number of aliphatic hydroxyl groups excluding tert-OH is 1. The molecule has 2 aromatic carbocycles. The summed E-state index contributed by atoms with van der Waals surface area (Å²) < 4.78 is 5.34. The largest absolute Gasteiger partial charge is 0.394 e. The van der Waals surface area contributed by atoms with E-state index in [0.29, 0.717) is 19.4 Å². The predicted molar refractivity (Wildman–Crippen MR) is 85.7 cm³/mol. The van der Waals surface area contributed by atoms with Gasteiger partial charge in [-0.15, -0.1) is 0 Å². The van der Waals surface area contributed by atoms with E-state index in [4.69, 9.17) is 4.74 Å². The number of benzene rings is 2. The highest BCUT2D eigenvalue weighted by Gasteiger charge is 2.34. The highest BCUT2D eigenvalue weighted by molar-refractivity contribution is 5.90. The molecular formula is C18H21NO3. The Morgan fingerprint density at radius 2 is 2.05 bits per heavy atom. The van der Waals surface area contributed by atoms with Crippen LogP contribution in [-0.4, -0.2) is 48.3 Å². The van der Waals surface area contributed by atoms with Gasteiger partial charge in [0.15, 0.2) is 0 Å². The van der Waals surface area contributed by atoms with Crippen LogP contribution in [0.4, 0.5) is 0 Å². The lowest BCUT2D eigenvalue weighted by molar-refractivity contribution is -0.132. The Hall–Kier alpha value is -1.91. The van der Waals surface area contributed by atoms with Crippen molar-refractivity contribution in [2.75, 3.05) is 20.3 Å². The maximum absolute atomic E-state index is 12.6. The minimum absolute atomic E-state index is 0.0128. The molecule has 0 unspecified atom stereocenters. The third kappa shape index (κ3) is 2.85. The fourth-order valence-corrected chi connectivity index (χ4v) is 3.23. The number of methoxy groups -OCH3 is 1. The van der Waals surface area contributed by atoms with Crippen molar-refractivity contribution in [1.82, 2.24) is 4.90 Å². The molecule has 4 heteroatoms. The number of carbonyl (C=O) groups is 1. The first-order valence-electron chi connectivity index (χ1n) is 7.62. The van der Waals surface area contributed by atoms with E-state index in [1.165, 1.54) is 0 Å². The molecular weight excluding hydrogens is 278 g/mol. The Kier molecular flexibility index (Phi) is 4.41. The number of hydrogen-bond donors (Lipinski definition) is 1. The van der Waals surface area contributed by atoms with Crippen molar-refractivity contribution in [1.29, 1.82) is 0 Å². The second-order valence-electron chi connectivity index (χ2n) is 5.79. The second kappa shape index (κ2) is 6.46. The van der Waals surface area contributed by atoms with Crippen LogP contribution in [0.5, 0.6) is 0 Å². The molecule has 1 aliphatic rings. The number of hydrogen-bond acceptors (Lipinski definition) is 3. The number of rotatable bonds is 4. The zero-order valence-electron chi connectivity index (χ0n) is 12.7. The fourth-order valence-electron chi connectivity index (χ4n) is 3.23. The molecule has 0 aliphatic carbocycles. The van der Waals surface area contributed by atoms with Gasteiger partial charge in [0.1, 0.15) is 0 Å². The zero-order valence-corrected chi connectivity index (χ0v) is 12.7. The molecule has 1 saturated heterocycles. The van der Waals surface area contributed by atoms with E-state index in [2.05, 4.69) is 12.1 Å². The summed E-state index contributed by atoms with van der Waals surface area (Å²) >= 11 is 0. The van der Waals surface area contributed by atoms with Crippen LogP contribution in [0.2, 0.25) is 0 Å². The molecule has 2 aromatic rings. The summed E-state index contributed by atoms with van der Waals surface area (Å²) in [6.45, 7) is 0.548. The van der Waals surface area contributed by atoms with Crippen molar-refractivity contribution in [3.8, 4) is 0 Å². The van der Waals surface area contributed by atoms with Gasteiger partial charge >= 0.3 is 0 Å². The molecule has 1 fully saturated rings. The van der Waals surface area contributed by atoms with E-state index >= 15 is 0 Å². The van der Waals surface area contributed by atoms with Crippen LogP contribution >= 0.6 is 0 Å². The monoisotopic (exact) mass is 299 g/mol. The average Bonchev–Trinajstić information content (AvgIpc) is 2.99. The fraction of sp³-hybridized carbons (Fsp3) is 0.389. The molecule has 2 atom stereocenters. The first kappa shape index (κ1) is 15.0. The number of carbonyl (C=O) groups excluding carboxylic acids is 1. The molecule has 1 N–H and O–H groups in total. The molecule has 0 aromatic heterocycles. The Morgan fingerprint density at radius 3 is 2.82 bits per heavy atom. The van der Waals surface area contributed by atoms with Crippen LogP contribution < -0.4 is 0 Å². The van der Waals surface area contributed by atoms with Gasteiger partial charge in [0.05, 0.1) is 25.2 Å². The summed E-state index contributed by atoms with van der Waals surface area (Å²) in [7, 11) is 1.65. The lowest BCUT2D eigenvalue weighted by atomic mass is 10.0. The SMILES string of the molecule is CO[C@H]1C[C@@H](CO)N(C(=O)Cc2cccc3ccccc23)C1. The van der Waals surface area contributed by atoms with Crippen molar-refractivity contribution in [2.24, 2.45) is 0 Å². The number of likely N-dealkylation sites (tertiary alicyclic amines) is 1. The number of nitrogens with zero attached hydrogens (tertiary/aromatic N) is 1. The van der Waals surface area contributed by atoms with Crippen molar-refractivity contribution < 1.29 is 14.6 Å². The molecule has 3 rings (SSSR count). The normalized spacial score (nSPS) is 21.5. The van der Waals surface area contributed by atoms with E-state index < -0.39 is 0 Å². The lowest BCUT2D eigenvalue weighted by Gasteiger charge is -2.23. The van der Waals surface area contributed by atoms with Gasteiger partial charge in [-0.05, 0) is 22.8 Å². The summed E-state index contributed by atoms with van der Waals surface area (Å²) in [6, 6.07) is 14.0. The average molecular weight is 299 g/mol. The molecule has 22 heavy (non-hydrogen) atoms. The van der Waals surface area contributed by atoms with Crippen LogP contribution in [-0.2, 0) is 16.0 Å². The maximum atomic E-state index is 12.6. The number of aliphatic hydroxyl groups is 1. The first-order valence-corrected chi connectivity index (χ1v) is 7.62. The van der Waals surface area contributed by atoms with E-state index in [-0.39, 0.29) is 24.7 Å². The van der Waals surface area contributed by atoms with Crippen molar-refractivity contribution in [3.63, 3.8) is 0 Å². The number of amides is 1. The minimum atomic E-state index is -0.132. The van der Waals surface area contributed by atoms with E-state index in [1.807, 2.05) is 30.3 Å². The quantitative estimate of drug-likeness (QED) is 0.939. The maximum Gasteiger partial charge on any atom is 0.227 e. The highest BCUT2D eigenvalue weighted by atomic mass is 16.5. The van der Waals surface area contributed by atoms with Gasteiger partial charge in [-0.3, -0.25) is 4.79 Å². The summed E-state index contributed by atoms with van der Waals surface area (Å²) in [5.74, 6) is 0.0509. The highest BCUT2D eigenvalue weighted by Crippen LogP contribution is 2.23. The standard InChI is InChI=1S/C18H21NO3/c1-22-16-10-15(12-20)19(11-16)18(21)9-14-7-4-6-13-5-2-3-8-17(13)14/h2-8,15-16,20H,9-12H2,1H3/t15-,16-/m0/s1. The van der Waals surface area contributed by atoms with Gasteiger partial charge < -0.3 is 14.7 Å². The minimum Gasteiger partial charge on any atom is -0.394 e. The van der Waals surface area contributed by atoms with Gasteiger partial charge in [-0.2, -0.15) is 0 Å². The van der Waals surface area contributed by atoms with Gasteiger partial charge in [-0.25, -0.2) is 0 Å². The number of fused-ring (bicyclic) bond motifs is 1. The molecule has 1 heterocycles. The predicted octanol–water partition coefficient (Wildman–Crippen LogP) is 1.99. The molecule has 1 amide bonds. The summed E-state index contributed by atoms with van der Waals surface area (Å²) in [4.78, 5) is 14.4. The summed E-state index contributed by atoms with van der Waals surface area (Å²) in [5.41, 5.74) is 1.03. The Labute approximate surface area is 130 Å². The van der Waals surface area contributed by atoms with E-state index in [0.717, 1.165) is 16.3 Å². The van der Waals surface area contributed by atoms with Gasteiger partial charge in [0.25, 0.3) is 0 Å². The van der Waals surface area contributed by atoms with E-state index in [9.17, 15) is 9.90 Å². The summed E-state index contributed by atoms with van der Waals surface area (Å²) in [5, 5.41) is 11.7. The van der Waals surface area contributed by atoms with E-state index in [1.54, 1.807) is 12.0 Å². The smallest absolute Gasteiger partial charge is 0.227 e. The molecule has 1 aliphatic heterocycles. The number of ether oxygens (including phenoxy) is 1. The topological polar surface area (TPSA) is 49.8 Å². The lowest BCUT2D eigenvalue weighted by Crippen LogP contribution is -2.39. The van der Waals surface area contributed by atoms with Crippen LogP contribution in [0.1, 0.15) is 12.0 Å². The zero-order chi connectivity index (χ0) is 15.5. The van der Waals surface area contributed by atoms with Crippen LogP contribution in [0.25, 0.3) is 10.8 Å². The molecule has 0 radical (unpaired) electrons. The Bertz CT molecular complexity index is 665. The molecule has 4 nitrogen and oxygen atoms in total. The molecule has 0 bridgehead atoms. The van der Waals surface area contributed by atoms with Crippen LogP contribution in [0, 0.1) is 0 Å². The molecule has 0 spiro atoms. The Balaban J connectivity index is 1.81. The third-order valence-electron chi connectivity index (χ3n) is 4.46. The van der Waals surface area contributed by atoms with Gasteiger partial charge in [-0.1, -0.05) is 42.5 Å². The van der Waals surface area contributed by atoms with Gasteiger partial charge in [0.2, 0.25) is 5.91 Å². The van der Waals surface area contributed by atoms with Gasteiger partial charge in [0, 0.05) is 13.7 Å². The van der Waals surface area contributed by atoms with Crippen molar-refractivity contribution in [2.45, 2.75) is 25.0 Å². The molecule has 0 saturated carbocycles. The molecule has 116 valence electrons. The first-order chi connectivity index (χ1) is 10.7. The summed E-state index contributed by atoms with van der Waals surface area (Å²) in [6.07, 6.45) is 1.08. The second-order valence-corrected chi connectivity index (χ2v) is 5.79. The third-order valence-corrected chi connectivity index (χ3v) is 4.46. The van der Waals surface area contributed by atoms with Crippen molar-refractivity contribution in [3.05, 3.63) is 48.0 Å². The van der Waals surface area contributed by atoms with Crippen LogP contribution in [0.3, 0.4) is 0 Å². The Morgan fingerprint density at radius 1 is 1.27 bits per heavy atom.